The van der Waals surface area contributed by atoms with Crippen LogP contribution in [0, 0.1) is 0 Å². The highest BCUT2D eigenvalue weighted by molar-refractivity contribution is 5.83. The van der Waals surface area contributed by atoms with Gasteiger partial charge in [0.25, 0.3) is 6.43 Å². The lowest BCUT2D eigenvalue weighted by Gasteiger charge is -2.24. The molecule has 5 N–H and O–H groups in total. The largest absolute Gasteiger partial charge is 0.480 e. The fraction of sp³-hybridized carbons (Fsp3) is 0.700. The molecule has 0 aromatic carbocycles. The van der Waals surface area contributed by atoms with Crippen molar-refractivity contribution in [1.82, 2.24) is 10.2 Å². The van der Waals surface area contributed by atoms with Crippen LogP contribution in [0.1, 0.15) is 12.8 Å². The van der Waals surface area contributed by atoms with Crippen molar-refractivity contribution in [2.75, 3.05) is 19.7 Å². The van der Waals surface area contributed by atoms with Crippen LogP contribution in [0.2, 0.25) is 0 Å². The lowest BCUT2D eigenvalue weighted by molar-refractivity contribution is -0.139. The number of nitrogens with zero attached hydrogens (tertiary/aromatic N) is 1. The summed E-state index contributed by atoms with van der Waals surface area (Å²) in [5, 5.41) is 19.5. The number of urea groups is 1. The number of aliphatic carboxylic acids is 1. The zero-order valence-electron chi connectivity index (χ0n) is 10.6. The zero-order chi connectivity index (χ0) is 15.7. The second kappa shape index (κ2) is 9.02. The number of hydrogen-bond donors (Lipinski definition) is 4. The maximum absolute atomic E-state index is 12.2. The average Bonchev–Trinajstić information content (AvgIpc) is 2.32. The zero-order valence-corrected chi connectivity index (χ0v) is 10.6. The minimum absolute atomic E-state index is 0.252. The number of nitrogens with one attached hydrogen (secondary N) is 1. The van der Waals surface area contributed by atoms with Gasteiger partial charge < -0.3 is 26.2 Å². The topological polar surface area (TPSA) is 133 Å². The van der Waals surface area contributed by atoms with Gasteiger partial charge in [0, 0.05) is 13.0 Å². The Morgan fingerprint density at radius 2 is 1.90 bits per heavy atom. The van der Waals surface area contributed by atoms with Crippen LogP contribution in [-0.4, -0.2) is 65.2 Å². The summed E-state index contributed by atoms with van der Waals surface area (Å²) < 4.78 is 24.5. The van der Waals surface area contributed by atoms with Crippen LogP contribution in [0.3, 0.4) is 0 Å². The highest BCUT2D eigenvalue weighted by Crippen LogP contribution is 2.02. The van der Waals surface area contributed by atoms with Gasteiger partial charge in [-0.05, 0) is 6.42 Å². The lowest BCUT2D eigenvalue weighted by Crippen LogP contribution is -2.50. The van der Waals surface area contributed by atoms with E-state index < -0.39 is 43.5 Å². The summed E-state index contributed by atoms with van der Waals surface area (Å²) in [6.07, 6.45) is -3.34. The molecule has 0 aliphatic heterocycles. The number of amides is 3. The normalized spacial score (nSPS) is 12.0. The van der Waals surface area contributed by atoms with Crippen molar-refractivity contribution in [3.8, 4) is 0 Å². The monoisotopic (exact) mass is 297 g/mol. The number of carboxylic acids is 1. The molecule has 1 unspecified atom stereocenters. The van der Waals surface area contributed by atoms with E-state index >= 15 is 0 Å². The first kappa shape index (κ1) is 18.0. The van der Waals surface area contributed by atoms with Crippen molar-refractivity contribution in [1.29, 1.82) is 0 Å². The standard InChI is InChI=1S/C10H17F2N3O5/c11-7(12)5-15(3-4-16)10(20)14-6(9(18)19)1-2-8(13)17/h6-7,16H,1-5H2,(H2,13,17)(H,14,20)(H,18,19). The Balaban J connectivity index is 4.60. The molecule has 10 heteroatoms. The van der Waals surface area contributed by atoms with Gasteiger partial charge in [0.15, 0.2) is 0 Å². The van der Waals surface area contributed by atoms with Gasteiger partial charge in [-0.25, -0.2) is 18.4 Å². The van der Waals surface area contributed by atoms with Gasteiger partial charge in [-0.3, -0.25) is 4.79 Å². The van der Waals surface area contributed by atoms with Crippen molar-refractivity contribution in [2.45, 2.75) is 25.3 Å². The van der Waals surface area contributed by atoms with E-state index in [0.717, 1.165) is 0 Å². The molecule has 0 spiro atoms. The maximum atomic E-state index is 12.2. The molecule has 0 bridgehead atoms. The van der Waals surface area contributed by atoms with E-state index in [2.05, 4.69) is 0 Å². The second-order valence-electron chi connectivity index (χ2n) is 3.91. The molecule has 0 aliphatic carbocycles. The number of rotatable bonds is 9. The van der Waals surface area contributed by atoms with Crippen molar-refractivity contribution in [3.05, 3.63) is 0 Å². The number of carbonyl (C=O) groups is 3. The molecule has 3 amide bonds. The number of aliphatic hydroxyl groups excluding tert-OH is 1. The van der Waals surface area contributed by atoms with Crippen LogP contribution in [0.15, 0.2) is 0 Å². The summed E-state index contributed by atoms with van der Waals surface area (Å²) in [4.78, 5) is 33.6. The van der Waals surface area contributed by atoms with E-state index in [4.69, 9.17) is 15.9 Å². The van der Waals surface area contributed by atoms with E-state index in [0.29, 0.717) is 4.90 Å². The van der Waals surface area contributed by atoms with Crippen molar-refractivity contribution in [3.63, 3.8) is 0 Å². The van der Waals surface area contributed by atoms with E-state index in [1.54, 1.807) is 0 Å². The molecule has 8 nitrogen and oxygen atoms in total. The average molecular weight is 297 g/mol. The molecule has 0 aromatic heterocycles. The van der Waals surface area contributed by atoms with Gasteiger partial charge in [0.2, 0.25) is 5.91 Å². The first-order chi connectivity index (χ1) is 9.27. The minimum atomic E-state index is -2.82. The van der Waals surface area contributed by atoms with Crippen molar-refractivity contribution < 1.29 is 33.4 Å². The first-order valence-corrected chi connectivity index (χ1v) is 5.73. The Hall–Kier alpha value is -1.97. The molecule has 0 saturated carbocycles. The molecule has 0 aliphatic rings. The minimum Gasteiger partial charge on any atom is -0.480 e. The van der Waals surface area contributed by atoms with Gasteiger partial charge in [-0.1, -0.05) is 0 Å². The van der Waals surface area contributed by atoms with Crippen LogP contribution in [-0.2, 0) is 9.59 Å². The Labute approximate surface area is 113 Å². The SMILES string of the molecule is NC(=O)CCC(NC(=O)N(CCO)CC(F)F)C(=O)O. The van der Waals surface area contributed by atoms with Crippen LogP contribution >= 0.6 is 0 Å². The third kappa shape index (κ3) is 7.46. The quantitative estimate of drug-likeness (QED) is 0.432. The summed E-state index contributed by atoms with van der Waals surface area (Å²) in [7, 11) is 0. The number of primary amides is 1. The van der Waals surface area contributed by atoms with E-state index in [-0.39, 0.29) is 19.4 Å². The van der Waals surface area contributed by atoms with E-state index in [1.807, 2.05) is 5.32 Å². The van der Waals surface area contributed by atoms with Gasteiger partial charge in [0.1, 0.15) is 6.04 Å². The van der Waals surface area contributed by atoms with Crippen LogP contribution < -0.4 is 11.1 Å². The molecular weight excluding hydrogens is 280 g/mol. The predicted octanol–water partition coefficient (Wildman–Crippen LogP) is -1.03. The number of halogens is 2. The third-order valence-electron chi connectivity index (χ3n) is 2.29. The summed E-state index contributed by atoms with van der Waals surface area (Å²) in [5.41, 5.74) is 4.86. The summed E-state index contributed by atoms with van der Waals surface area (Å²) >= 11 is 0. The third-order valence-corrected chi connectivity index (χ3v) is 2.29. The van der Waals surface area contributed by atoms with Gasteiger partial charge >= 0.3 is 12.0 Å². The Morgan fingerprint density at radius 1 is 1.30 bits per heavy atom. The summed E-state index contributed by atoms with van der Waals surface area (Å²) in [6, 6.07) is -2.48. The molecule has 0 fully saturated rings. The summed E-state index contributed by atoms with van der Waals surface area (Å²) in [5.74, 6) is -2.16. The molecule has 0 radical (unpaired) electrons. The number of carboxylic acid groups (broad SMARTS) is 1. The maximum Gasteiger partial charge on any atom is 0.326 e. The fourth-order valence-electron chi connectivity index (χ4n) is 1.35. The Bertz CT molecular complexity index is 354. The number of alkyl halides is 2. The molecule has 116 valence electrons. The van der Waals surface area contributed by atoms with Crippen LogP contribution in [0.5, 0.6) is 0 Å². The number of hydrogen-bond acceptors (Lipinski definition) is 4. The number of carbonyl (C=O) groups excluding carboxylic acids is 2. The molecule has 0 heterocycles. The van der Waals surface area contributed by atoms with Crippen LogP contribution in [0.25, 0.3) is 0 Å². The summed E-state index contributed by atoms with van der Waals surface area (Å²) in [6.45, 7) is -1.84. The molecule has 0 saturated heterocycles. The van der Waals surface area contributed by atoms with E-state index in [1.165, 1.54) is 0 Å². The lowest BCUT2D eigenvalue weighted by atomic mass is 10.1. The Morgan fingerprint density at radius 3 is 2.30 bits per heavy atom. The smallest absolute Gasteiger partial charge is 0.326 e. The van der Waals surface area contributed by atoms with Gasteiger partial charge in [-0.2, -0.15) is 0 Å². The molecule has 0 rings (SSSR count). The molecular formula is C10H17F2N3O5. The highest BCUT2D eigenvalue weighted by atomic mass is 19.3. The van der Waals surface area contributed by atoms with Crippen molar-refractivity contribution in [2.24, 2.45) is 5.73 Å². The predicted molar refractivity (Wildman–Crippen MR) is 63.0 cm³/mol. The van der Waals surface area contributed by atoms with Crippen molar-refractivity contribution >= 4 is 17.9 Å². The van der Waals surface area contributed by atoms with E-state index in [9.17, 15) is 23.2 Å². The molecule has 1 atom stereocenters. The fourth-order valence-corrected chi connectivity index (χ4v) is 1.35. The highest BCUT2D eigenvalue weighted by Gasteiger charge is 2.24. The number of aliphatic hydroxyl groups is 1. The molecule has 20 heavy (non-hydrogen) atoms. The molecule has 0 aromatic rings. The second-order valence-corrected chi connectivity index (χ2v) is 3.91. The van der Waals surface area contributed by atoms with Gasteiger partial charge in [-0.15, -0.1) is 0 Å². The Kier molecular flexibility index (Phi) is 8.13. The first-order valence-electron chi connectivity index (χ1n) is 5.73. The number of nitrogens with two attached hydrogens (primary N) is 1. The van der Waals surface area contributed by atoms with Crippen LogP contribution in [0.4, 0.5) is 13.6 Å². The van der Waals surface area contributed by atoms with Gasteiger partial charge in [0.05, 0.1) is 13.2 Å².